The van der Waals surface area contributed by atoms with Gasteiger partial charge in [-0.25, -0.2) is 0 Å². The van der Waals surface area contributed by atoms with E-state index in [0.29, 0.717) is 11.6 Å². The monoisotopic (exact) mass is 156 g/mol. The number of aromatic nitrogens is 1. The van der Waals surface area contributed by atoms with Gasteiger partial charge >= 0.3 is 0 Å². The number of alkyl halides is 1. The first-order valence-corrected chi connectivity index (χ1v) is 3.55. The standard InChI is InChI=1S/C7H9ClN2/c1-5-2-3-10-6(4-8)7(5)9/h2-3H,4,9H2,1H3. The second-order valence-electron chi connectivity index (χ2n) is 2.12. The molecule has 1 heterocycles. The van der Waals surface area contributed by atoms with Crippen LogP contribution in [0.25, 0.3) is 0 Å². The number of anilines is 1. The molecule has 0 bridgehead atoms. The molecule has 0 amide bonds. The maximum atomic E-state index is 5.65. The summed E-state index contributed by atoms with van der Waals surface area (Å²) in [6, 6.07) is 1.87. The lowest BCUT2D eigenvalue weighted by atomic mass is 10.2. The van der Waals surface area contributed by atoms with Crippen molar-refractivity contribution >= 4 is 17.3 Å². The first-order valence-electron chi connectivity index (χ1n) is 3.01. The fraction of sp³-hybridized carbons (Fsp3) is 0.286. The number of halogens is 1. The third kappa shape index (κ3) is 1.21. The van der Waals surface area contributed by atoms with E-state index in [4.69, 9.17) is 17.3 Å². The van der Waals surface area contributed by atoms with Crippen molar-refractivity contribution in [3.05, 3.63) is 23.5 Å². The van der Waals surface area contributed by atoms with Crippen LogP contribution >= 0.6 is 11.6 Å². The Morgan fingerprint density at radius 1 is 1.70 bits per heavy atom. The molecule has 0 saturated carbocycles. The molecular weight excluding hydrogens is 148 g/mol. The highest BCUT2D eigenvalue weighted by molar-refractivity contribution is 6.17. The fourth-order valence-electron chi connectivity index (χ4n) is 0.732. The van der Waals surface area contributed by atoms with Gasteiger partial charge in [0.2, 0.25) is 0 Å². The summed E-state index contributed by atoms with van der Waals surface area (Å²) in [6.07, 6.45) is 1.71. The Balaban J connectivity index is 3.14. The maximum Gasteiger partial charge on any atom is 0.0782 e. The first-order chi connectivity index (χ1) is 4.75. The largest absolute Gasteiger partial charge is 0.397 e. The van der Waals surface area contributed by atoms with E-state index in [9.17, 15) is 0 Å². The van der Waals surface area contributed by atoms with Crippen LogP contribution in [0.4, 0.5) is 5.69 Å². The number of aryl methyl sites for hydroxylation is 1. The Hall–Kier alpha value is -0.760. The number of nitrogens with two attached hydrogens (primary N) is 1. The third-order valence-electron chi connectivity index (χ3n) is 1.42. The zero-order chi connectivity index (χ0) is 7.56. The van der Waals surface area contributed by atoms with Gasteiger partial charge in [0.25, 0.3) is 0 Å². The van der Waals surface area contributed by atoms with Gasteiger partial charge in [-0.15, -0.1) is 11.6 Å². The van der Waals surface area contributed by atoms with E-state index in [1.165, 1.54) is 0 Å². The van der Waals surface area contributed by atoms with Gasteiger partial charge < -0.3 is 5.73 Å². The molecule has 10 heavy (non-hydrogen) atoms. The van der Waals surface area contributed by atoms with Crippen molar-refractivity contribution in [3.63, 3.8) is 0 Å². The summed E-state index contributed by atoms with van der Waals surface area (Å²) in [5, 5.41) is 0. The van der Waals surface area contributed by atoms with Gasteiger partial charge in [-0.2, -0.15) is 0 Å². The smallest absolute Gasteiger partial charge is 0.0782 e. The zero-order valence-corrected chi connectivity index (χ0v) is 6.52. The number of nitrogens with zero attached hydrogens (tertiary/aromatic N) is 1. The molecule has 0 radical (unpaired) electrons. The Kier molecular flexibility index (Phi) is 2.12. The molecule has 2 nitrogen and oxygen atoms in total. The lowest BCUT2D eigenvalue weighted by molar-refractivity contribution is 1.16. The Morgan fingerprint density at radius 3 is 2.90 bits per heavy atom. The number of nitrogen functional groups attached to an aromatic ring is 1. The zero-order valence-electron chi connectivity index (χ0n) is 5.76. The Labute approximate surface area is 65.0 Å². The van der Waals surface area contributed by atoms with Crippen molar-refractivity contribution in [1.29, 1.82) is 0 Å². The predicted molar refractivity (Wildman–Crippen MR) is 42.9 cm³/mol. The molecule has 0 spiro atoms. The SMILES string of the molecule is Cc1ccnc(CCl)c1N. The van der Waals surface area contributed by atoms with Crippen molar-refractivity contribution in [2.75, 3.05) is 5.73 Å². The number of pyridine rings is 1. The van der Waals surface area contributed by atoms with E-state index in [0.717, 1.165) is 11.3 Å². The number of rotatable bonds is 1. The van der Waals surface area contributed by atoms with Crippen molar-refractivity contribution in [1.82, 2.24) is 4.98 Å². The van der Waals surface area contributed by atoms with Gasteiger partial charge in [-0.3, -0.25) is 4.98 Å². The maximum absolute atomic E-state index is 5.65. The molecule has 0 aromatic carbocycles. The summed E-state index contributed by atoms with van der Waals surface area (Å²) in [5.74, 6) is 0.382. The molecule has 1 aromatic heterocycles. The molecule has 1 rings (SSSR count). The van der Waals surface area contributed by atoms with E-state index in [1.807, 2.05) is 13.0 Å². The second-order valence-corrected chi connectivity index (χ2v) is 2.39. The highest BCUT2D eigenvalue weighted by Gasteiger charge is 1.99. The Morgan fingerprint density at radius 2 is 2.40 bits per heavy atom. The van der Waals surface area contributed by atoms with Crippen molar-refractivity contribution in [3.8, 4) is 0 Å². The van der Waals surface area contributed by atoms with Crippen LogP contribution in [0.3, 0.4) is 0 Å². The van der Waals surface area contributed by atoms with Crippen molar-refractivity contribution in [2.45, 2.75) is 12.8 Å². The van der Waals surface area contributed by atoms with Crippen LogP contribution in [0.5, 0.6) is 0 Å². The highest BCUT2D eigenvalue weighted by Crippen LogP contribution is 2.14. The summed E-state index contributed by atoms with van der Waals surface area (Å²) in [5.41, 5.74) is 8.15. The lowest BCUT2D eigenvalue weighted by Gasteiger charge is -2.02. The minimum absolute atomic E-state index is 0.382. The molecule has 0 atom stereocenters. The van der Waals surface area contributed by atoms with E-state index in [-0.39, 0.29) is 0 Å². The quantitative estimate of drug-likeness (QED) is 0.629. The molecule has 0 fully saturated rings. The lowest BCUT2D eigenvalue weighted by Crippen LogP contribution is -1.97. The molecule has 2 N–H and O–H groups in total. The van der Waals surface area contributed by atoms with Crippen molar-refractivity contribution < 1.29 is 0 Å². The highest BCUT2D eigenvalue weighted by atomic mass is 35.5. The van der Waals surface area contributed by atoms with Gasteiger partial charge in [-0.1, -0.05) is 0 Å². The topological polar surface area (TPSA) is 38.9 Å². The molecule has 0 saturated heterocycles. The molecule has 0 aliphatic heterocycles. The van der Waals surface area contributed by atoms with Crippen LogP contribution < -0.4 is 5.73 Å². The summed E-state index contributed by atoms with van der Waals surface area (Å²) < 4.78 is 0. The van der Waals surface area contributed by atoms with Gasteiger partial charge in [0.05, 0.1) is 17.3 Å². The van der Waals surface area contributed by atoms with E-state index in [2.05, 4.69) is 4.98 Å². The van der Waals surface area contributed by atoms with Crippen molar-refractivity contribution in [2.24, 2.45) is 0 Å². The summed E-state index contributed by atoms with van der Waals surface area (Å²) in [6.45, 7) is 1.94. The molecule has 0 aliphatic rings. The van der Waals surface area contributed by atoms with Crippen LogP contribution in [0.1, 0.15) is 11.3 Å². The number of hydrogen-bond donors (Lipinski definition) is 1. The van der Waals surface area contributed by atoms with E-state index >= 15 is 0 Å². The average molecular weight is 157 g/mol. The molecule has 0 unspecified atom stereocenters. The number of hydrogen-bond acceptors (Lipinski definition) is 2. The van der Waals surface area contributed by atoms with Gasteiger partial charge in [0.15, 0.2) is 0 Å². The second kappa shape index (κ2) is 2.88. The third-order valence-corrected chi connectivity index (χ3v) is 1.67. The summed E-state index contributed by atoms with van der Waals surface area (Å²) in [7, 11) is 0. The van der Waals surface area contributed by atoms with E-state index in [1.54, 1.807) is 6.20 Å². The minimum Gasteiger partial charge on any atom is -0.397 e. The van der Waals surface area contributed by atoms with Gasteiger partial charge in [-0.05, 0) is 18.6 Å². The molecule has 1 aromatic rings. The summed E-state index contributed by atoms with van der Waals surface area (Å²) >= 11 is 5.56. The molecule has 0 aliphatic carbocycles. The van der Waals surface area contributed by atoms with Crippen LogP contribution in [-0.4, -0.2) is 4.98 Å². The molecular formula is C7H9ClN2. The normalized spacial score (nSPS) is 9.80. The van der Waals surface area contributed by atoms with Gasteiger partial charge in [0, 0.05) is 6.20 Å². The van der Waals surface area contributed by atoms with Crippen LogP contribution in [0.15, 0.2) is 12.3 Å². The average Bonchev–Trinajstić information content (AvgIpc) is 1.95. The van der Waals surface area contributed by atoms with E-state index < -0.39 is 0 Å². The fourth-order valence-corrected chi connectivity index (χ4v) is 0.945. The predicted octanol–water partition coefficient (Wildman–Crippen LogP) is 1.71. The molecule has 54 valence electrons. The van der Waals surface area contributed by atoms with Crippen LogP contribution in [0, 0.1) is 6.92 Å². The van der Waals surface area contributed by atoms with Crippen LogP contribution in [-0.2, 0) is 5.88 Å². The molecule has 3 heteroatoms. The first kappa shape index (κ1) is 7.35. The Bertz CT molecular complexity index is 235. The van der Waals surface area contributed by atoms with Crippen LogP contribution in [0.2, 0.25) is 0 Å². The summed E-state index contributed by atoms with van der Waals surface area (Å²) in [4.78, 5) is 4.00. The van der Waals surface area contributed by atoms with Gasteiger partial charge in [0.1, 0.15) is 0 Å². The minimum atomic E-state index is 0.382.